The summed E-state index contributed by atoms with van der Waals surface area (Å²) in [6.45, 7) is 5.62. The number of hydrogen-bond acceptors (Lipinski definition) is 5. The number of nitrogens with zero attached hydrogens (tertiary/aromatic N) is 5. The van der Waals surface area contributed by atoms with Crippen LogP contribution >= 0.6 is 0 Å². The minimum atomic E-state index is -0.528. The number of amides is 1. The van der Waals surface area contributed by atoms with Crippen LogP contribution in [0.4, 0.5) is 15.8 Å². The van der Waals surface area contributed by atoms with Crippen LogP contribution in [0.15, 0.2) is 48.5 Å². The van der Waals surface area contributed by atoms with E-state index in [0.29, 0.717) is 31.9 Å². The second kappa shape index (κ2) is 8.17. The maximum absolute atomic E-state index is 14.0. The minimum absolute atomic E-state index is 0.0247. The molecule has 160 valence electrons. The zero-order valence-electron chi connectivity index (χ0n) is 17.3. The van der Waals surface area contributed by atoms with Crippen molar-refractivity contribution < 1.29 is 14.1 Å². The van der Waals surface area contributed by atoms with Gasteiger partial charge in [-0.1, -0.05) is 12.1 Å². The molecule has 31 heavy (non-hydrogen) atoms. The number of hydrogen-bond donors (Lipinski definition) is 0. The van der Waals surface area contributed by atoms with Crippen LogP contribution in [0.1, 0.15) is 21.7 Å². The lowest BCUT2D eigenvalue weighted by Gasteiger charge is -2.36. The average Bonchev–Trinajstić information content (AvgIpc) is 3.11. The highest BCUT2D eigenvalue weighted by atomic mass is 19.1. The zero-order valence-corrected chi connectivity index (χ0v) is 17.3. The molecule has 1 saturated heterocycles. The Bertz CT molecular complexity index is 1150. The molecule has 8 nitrogen and oxygen atoms in total. The summed E-state index contributed by atoms with van der Waals surface area (Å²) < 4.78 is 15.5. The largest absolute Gasteiger partial charge is 0.368 e. The van der Waals surface area contributed by atoms with Crippen molar-refractivity contribution in [2.24, 2.45) is 0 Å². The summed E-state index contributed by atoms with van der Waals surface area (Å²) in [6.07, 6.45) is 0. The lowest BCUT2D eigenvalue weighted by Crippen LogP contribution is -2.49. The number of nitro benzene ring substituents is 1. The van der Waals surface area contributed by atoms with Crippen molar-refractivity contribution in [1.82, 2.24) is 14.7 Å². The molecule has 0 atom stereocenters. The molecule has 0 aliphatic carbocycles. The van der Waals surface area contributed by atoms with Crippen LogP contribution in [0, 0.1) is 29.8 Å². The first-order chi connectivity index (χ1) is 14.8. The van der Waals surface area contributed by atoms with Gasteiger partial charge in [0.1, 0.15) is 11.5 Å². The first-order valence-electron chi connectivity index (χ1n) is 9.96. The number of carbonyl (C=O) groups excluding carboxylic acids is 1. The van der Waals surface area contributed by atoms with Crippen LogP contribution in [-0.4, -0.2) is 51.7 Å². The Hall–Kier alpha value is -3.75. The fourth-order valence-electron chi connectivity index (χ4n) is 3.88. The summed E-state index contributed by atoms with van der Waals surface area (Å²) in [4.78, 5) is 27.5. The van der Waals surface area contributed by atoms with Gasteiger partial charge in [0.15, 0.2) is 0 Å². The summed E-state index contributed by atoms with van der Waals surface area (Å²) >= 11 is 0. The van der Waals surface area contributed by atoms with Gasteiger partial charge in [0.2, 0.25) is 0 Å². The highest BCUT2D eigenvalue weighted by Crippen LogP contribution is 2.30. The van der Waals surface area contributed by atoms with Gasteiger partial charge >= 0.3 is 0 Å². The summed E-state index contributed by atoms with van der Waals surface area (Å²) in [5, 5.41) is 15.9. The molecule has 0 N–H and O–H groups in total. The van der Waals surface area contributed by atoms with Gasteiger partial charge in [-0.3, -0.25) is 14.9 Å². The number of benzene rings is 2. The Morgan fingerprint density at radius 3 is 2.39 bits per heavy atom. The normalized spacial score (nSPS) is 14.0. The minimum Gasteiger partial charge on any atom is -0.368 e. The standard InChI is InChI=1S/C22H22FN5O3/c1-15-13-16(2)27(24-15)21-14-17(7-8-20(21)28(30)31)25-9-11-26(12-10-25)22(29)18-5-3-4-6-19(18)23/h3-8,13-14H,9-12H2,1-2H3. The second-order valence-electron chi connectivity index (χ2n) is 7.53. The predicted octanol–water partition coefficient (Wildman–Crippen LogP) is 3.50. The number of nitro groups is 1. The van der Waals surface area contributed by atoms with Gasteiger partial charge in [0.25, 0.3) is 11.6 Å². The van der Waals surface area contributed by atoms with Crippen molar-refractivity contribution in [2.75, 3.05) is 31.1 Å². The van der Waals surface area contributed by atoms with E-state index in [2.05, 4.69) is 10.00 Å². The smallest absolute Gasteiger partial charge is 0.295 e. The third-order valence-electron chi connectivity index (χ3n) is 5.43. The van der Waals surface area contributed by atoms with E-state index in [1.807, 2.05) is 19.9 Å². The number of carbonyl (C=O) groups is 1. The Morgan fingerprint density at radius 2 is 1.77 bits per heavy atom. The van der Waals surface area contributed by atoms with E-state index in [-0.39, 0.29) is 17.2 Å². The van der Waals surface area contributed by atoms with Crippen molar-refractivity contribution >= 4 is 17.3 Å². The SMILES string of the molecule is Cc1cc(C)n(-c2cc(N3CCN(C(=O)c4ccccc4F)CC3)ccc2[N+](=O)[O-])n1. The van der Waals surface area contributed by atoms with E-state index >= 15 is 0 Å². The highest BCUT2D eigenvalue weighted by molar-refractivity contribution is 5.94. The molecule has 0 radical (unpaired) electrons. The van der Waals surface area contributed by atoms with Gasteiger partial charge in [-0.2, -0.15) is 5.10 Å². The second-order valence-corrected chi connectivity index (χ2v) is 7.53. The van der Waals surface area contributed by atoms with E-state index in [0.717, 1.165) is 17.1 Å². The molecule has 3 aromatic rings. The van der Waals surface area contributed by atoms with Gasteiger partial charge in [-0.25, -0.2) is 9.07 Å². The van der Waals surface area contributed by atoms with Gasteiger partial charge < -0.3 is 9.80 Å². The first kappa shape index (κ1) is 20.5. The quantitative estimate of drug-likeness (QED) is 0.474. The molecule has 9 heteroatoms. The molecule has 4 rings (SSSR count). The fourth-order valence-corrected chi connectivity index (χ4v) is 3.88. The number of aromatic nitrogens is 2. The first-order valence-corrected chi connectivity index (χ1v) is 9.96. The molecule has 1 aliphatic heterocycles. The number of halogens is 1. The number of anilines is 1. The molecule has 0 spiro atoms. The third kappa shape index (κ3) is 3.98. The Labute approximate surface area is 178 Å². The molecule has 1 aromatic heterocycles. The van der Waals surface area contributed by atoms with Crippen LogP contribution in [0.25, 0.3) is 5.69 Å². The number of rotatable bonds is 4. The monoisotopic (exact) mass is 423 g/mol. The summed E-state index contributed by atoms with van der Waals surface area (Å²) in [7, 11) is 0. The molecule has 0 bridgehead atoms. The molecule has 0 unspecified atom stereocenters. The Morgan fingerprint density at radius 1 is 1.06 bits per heavy atom. The van der Waals surface area contributed by atoms with E-state index < -0.39 is 10.7 Å². The van der Waals surface area contributed by atoms with E-state index in [1.54, 1.807) is 33.8 Å². The molecular weight excluding hydrogens is 401 g/mol. The van der Waals surface area contributed by atoms with E-state index in [1.165, 1.54) is 18.2 Å². The maximum Gasteiger partial charge on any atom is 0.295 e. The zero-order chi connectivity index (χ0) is 22.1. The van der Waals surface area contributed by atoms with Crippen LogP contribution in [0.5, 0.6) is 0 Å². The number of piperazine rings is 1. The van der Waals surface area contributed by atoms with Gasteiger partial charge in [-0.15, -0.1) is 0 Å². The Balaban J connectivity index is 1.56. The van der Waals surface area contributed by atoms with Crippen molar-refractivity contribution in [3.8, 4) is 5.69 Å². The summed E-state index contributed by atoms with van der Waals surface area (Å²) in [5.41, 5.74) is 2.83. The maximum atomic E-state index is 14.0. The van der Waals surface area contributed by atoms with E-state index in [9.17, 15) is 19.3 Å². The lowest BCUT2D eigenvalue weighted by atomic mass is 10.1. The van der Waals surface area contributed by atoms with Crippen molar-refractivity contribution in [3.05, 3.63) is 81.4 Å². The van der Waals surface area contributed by atoms with Gasteiger partial charge in [0.05, 0.1) is 16.2 Å². The molecule has 0 saturated carbocycles. The van der Waals surface area contributed by atoms with Crippen molar-refractivity contribution in [1.29, 1.82) is 0 Å². The number of aryl methyl sites for hydroxylation is 2. The third-order valence-corrected chi connectivity index (χ3v) is 5.43. The molecule has 2 aromatic carbocycles. The predicted molar refractivity (Wildman–Crippen MR) is 114 cm³/mol. The van der Waals surface area contributed by atoms with E-state index in [4.69, 9.17) is 0 Å². The average molecular weight is 423 g/mol. The lowest BCUT2D eigenvalue weighted by molar-refractivity contribution is -0.384. The summed E-state index contributed by atoms with van der Waals surface area (Å²) in [5.74, 6) is -0.857. The van der Waals surface area contributed by atoms with Crippen LogP contribution < -0.4 is 4.90 Å². The van der Waals surface area contributed by atoms with Crippen LogP contribution in [0.2, 0.25) is 0 Å². The topological polar surface area (TPSA) is 84.5 Å². The van der Waals surface area contributed by atoms with Gasteiger partial charge in [0, 0.05) is 43.6 Å². The van der Waals surface area contributed by atoms with Gasteiger partial charge in [-0.05, 0) is 44.2 Å². The molecular formula is C22H22FN5O3. The Kier molecular flexibility index (Phi) is 5.41. The molecule has 1 amide bonds. The highest BCUT2D eigenvalue weighted by Gasteiger charge is 2.26. The molecule has 1 fully saturated rings. The van der Waals surface area contributed by atoms with Crippen molar-refractivity contribution in [2.45, 2.75) is 13.8 Å². The molecule has 2 heterocycles. The fraction of sp³-hybridized carbons (Fsp3) is 0.273. The van der Waals surface area contributed by atoms with Crippen LogP contribution in [0.3, 0.4) is 0 Å². The van der Waals surface area contributed by atoms with Crippen molar-refractivity contribution in [3.63, 3.8) is 0 Å². The molecule has 1 aliphatic rings. The summed E-state index contributed by atoms with van der Waals surface area (Å²) in [6, 6.07) is 12.8. The van der Waals surface area contributed by atoms with Crippen LogP contribution in [-0.2, 0) is 0 Å².